The third-order valence-corrected chi connectivity index (χ3v) is 7.62. The first-order chi connectivity index (χ1) is 17.6. The predicted molar refractivity (Wildman–Crippen MR) is 141 cm³/mol. The lowest BCUT2D eigenvalue weighted by Crippen LogP contribution is -2.40. The number of hydrogen-bond acceptors (Lipinski definition) is 6. The van der Waals surface area contributed by atoms with Crippen molar-refractivity contribution in [1.82, 2.24) is 0 Å². The molecule has 0 bridgehead atoms. The summed E-state index contributed by atoms with van der Waals surface area (Å²) in [6.45, 7) is 2.76. The van der Waals surface area contributed by atoms with Crippen molar-refractivity contribution in [2.24, 2.45) is 0 Å². The van der Waals surface area contributed by atoms with Crippen LogP contribution in [0.4, 0.5) is 0 Å². The lowest BCUT2D eigenvalue weighted by atomic mass is 9.92. The van der Waals surface area contributed by atoms with E-state index >= 15 is 0 Å². The Labute approximate surface area is 218 Å². The zero-order chi connectivity index (χ0) is 25.6. The van der Waals surface area contributed by atoms with Gasteiger partial charge in [0.1, 0.15) is 6.29 Å². The van der Waals surface area contributed by atoms with Gasteiger partial charge >= 0.3 is 0 Å². The minimum atomic E-state index is -0.267. The van der Waals surface area contributed by atoms with Crippen molar-refractivity contribution < 1.29 is 28.8 Å². The fourth-order valence-electron chi connectivity index (χ4n) is 5.66. The largest absolute Gasteiger partial charge is 0.393 e. The van der Waals surface area contributed by atoms with Crippen LogP contribution in [0.2, 0.25) is 0 Å². The van der Waals surface area contributed by atoms with E-state index in [1.165, 1.54) is 12.8 Å². The Bertz CT molecular complexity index is 713. The van der Waals surface area contributed by atoms with Crippen LogP contribution in [0, 0.1) is 0 Å². The summed E-state index contributed by atoms with van der Waals surface area (Å²) in [5.41, 5.74) is 1.15. The molecule has 6 nitrogen and oxygen atoms in total. The summed E-state index contributed by atoms with van der Waals surface area (Å²) in [5.74, 6) is 0. The first-order valence-electron chi connectivity index (χ1n) is 14.2. The molecule has 1 aromatic carbocycles. The van der Waals surface area contributed by atoms with Crippen LogP contribution in [0.25, 0.3) is 0 Å². The van der Waals surface area contributed by atoms with Gasteiger partial charge in [0.15, 0.2) is 0 Å². The van der Waals surface area contributed by atoms with Gasteiger partial charge in [-0.25, -0.2) is 0 Å². The minimum Gasteiger partial charge on any atom is -0.393 e. The SMILES string of the molecule is CCCCC[C@@H](O)C[C@@H]1CCC[C@@H](C[C@H](C[C@@H]2C[C@@H](OCc3ccccc3)C[C@H](CC=O)O2)OC)O1. The van der Waals surface area contributed by atoms with Gasteiger partial charge in [-0.15, -0.1) is 0 Å². The molecule has 0 unspecified atom stereocenters. The molecule has 2 saturated heterocycles. The molecule has 2 aliphatic heterocycles. The summed E-state index contributed by atoms with van der Waals surface area (Å²) in [5, 5.41) is 10.4. The molecule has 0 amide bonds. The molecule has 2 heterocycles. The maximum absolute atomic E-state index is 11.2. The first-order valence-corrected chi connectivity index (χ1v) is 14.2. The molecule has 204 valence electrons. The van der Waals surface area contributed by atoms with Gasteiger partial charge in [0.05, 0.1) is 49.3 Å². The Morgan fingerprint density at radius 1 is 1.00 bits per heavy atom. The third-order valence-electron chi connectivity index (χ3n) is 7.62. The highest BCUT2D eigenvalue weighted by Gasteiger charge is 2.33. The van der Waals surface area contributed by atoms with E-state index in [1.807, 2.05) is 18.2 Å². The number of rotatable bonds is 16. The van der Waals surface area contributed by atoms with Crippen molar-refractivity contribution >= 4 is 6.29 Å². The molecule has 3 rings (SSSR count). The Kier molecular flexibility index (Phi) is 13.4. The molecule has 0 saturated carbocycles. The van der Waals surface area contributed by atoms with Crippen LogP contribution in [0.5, 0.6) is 0 Å². The second-order valence-corrected chi connectivity index (χ2v) is 10.7. The van der Waals surface area contributed by atoms with Crippen molar-refractivity contribution in [2.45, 2.75) is 140 Å². The summed E-state index contributed by atoms with van der Waals surface area (Å²) in [4.78, 5) is 11.2. The molecule has 2 fully saturated rings. The fraction of sp³-hybridized carbons (Fsp3) is 0.767. The second kappa shape index (κ2) is 16.5. The van der Waals surface area contributed by atoms with Crippen LogP contribution in [0.15, 0.2) is 30.3 Å². The third kappa shape index (κ3) is 10.6. The number of ether oxygens (including phenoxy) is 4. The number of carbonyl (C=O) groups is 1. The molecule has 0 aliphatic carbocycles. The van der Waals surface area contributed by atoms with Crippen molar-refractivity contribution in [3.63, 3.8) is 0 Å². The summed E-state index contributed by atoms with van der Waals surface area (Å²) >= 11 is 0. The zero-order valence-electron chi connectivity index (χ0n) is 22.4. The van der Waals surface area contributed by atoms with Crippen LogP contribution < -0.4 is 0 Å². The number of hydrogen-bond donors (Lipinski definition) is 1. The van der Waals surface area contributed by atoms with Crippen molar-refractivity contribution in [1.29, 1.82) is 0 Å². The molecule has 0 spiro atoms. The summed E-state index contributed by atoms with van der Waals surface area (Å²) in [7, 11) is 1.76. The molecule has 36 heavy (non-hydrogen) atoms. The number of carbonyl (C=O) groups excluding carboxylic acids is 1. The van der Waals surface area contributed by atoms with Gasteiger partial charge < -0.3 is 28.8 Å². The van der Waals surface area contributed by atoms with E-state index in [1.54, 1.807) is 7.11 Å². The number of benzene rings is 1. The van der Waals surface area contributed by atoms with Gasteiger partial charge in [0.2, 0.25) is 0 Å². The highest BCUT2D eigenvalue weighted by molar-refractivity contribution is 5.50. The Balaban J connectivity index is 1.47. The molecular formula is C30H48O6. The van der Waals surface area contributed by atoms with Gasteiger partial charge in [-0.1, -0.05) is 56.5 Å². The predicted octanol–water partition coefficient (Wildman–Crippen LogP) is 5.77. The Morgan fingerprint density at radius 3 is 2.42 bits per heavy atom. The average Bonchev–Trinajstić information content (AvgIpc) is 2.88. The molecule has 1 N–H and O–H groups in total. The topological polar surface area (TPSA) is 74.2 Å². The van der Waals surface area contributed by atoms with E-state index in [0.717, 1.165) is 76.1 Å². The van der Waals surface area contributed by atoms with Crippen molar-refractivity contribution in [2.75, 3.05) is 7.11 Å². The maximum Gasteiger partial charge on any atom is 0.122 e. The molecule has 2 aliphatic rings. The lowest BCUT2D eigenvalue weighted by Gasteiger charge is -2.37. The summed E-state index contributed by atoms with van der Waals surface area (Å²) in [6, 6.07) is 10.2. The van der Waals surface area contributed by atoms with E-state index in [0.29, 0.717) is 13.0 Å². The minimum absolute atomic E-state index is 0.00537. The van der Waals surface area contributed by atoms with Gasteiger partial charge in [-0.2, -0.15) is 0 Å². The first kappa shape index (κ1) is 29.2. The fourth-order valence-corrected chi connectivity index (χ4v) is 5.66. The highest BCUT2D eigenvalue weighted by atomic mass is 16.5. The monoisotopic (exact) mass is 504 g/mol. The lowest BCUT2D eigenvalue weighted by molar-refractivity contribution is -0.141. The van der Waals surface area contributed by atoms with E-state index in [-0.39, 0.29) is 42.7 Å². The van der Waals surface area contributed by atoms with E-state index in [4.69, 9.17) is 18.9 Å². The van der Waals surface area contributed by atoms with E-state index in [2.05, 4.69) is 19.1 Å². The molecule has 0 radical (unpaired) electrons. The van der Waals surface area contributed by atoms with Crippen LogP contribution in [-0.4, -0.2) is 61.2 Å². The molecule has 6 heteroatoms. The van der Waals surface area contributed by atoms with Crippen LogP contribution in [0.1, 0.15) is 96.0 Å². The van der Waals surface area contributed by atoms with E-state index < -0.39 is 0 Å². The van der Waals surface area contributed by atoms with Crippen LogP contribution in [-0.2, 0) is 30.3 Å². The van der Waals surface area contributed by atoms with E-state index in [9.17, 15) is 9.90 Å². The van der Waals surface area contributed by atoms with Crippen molar-refractivity contribution in [3.05, 3.63) is 35.9 Å². The normalized spacial score (nSPS) is 28.5. The summed E-state index contributed by atoms with van der Waals surface area (Å²) in [6.07, 6.45) is 12.7. The standard InChI is InChI=1S/C30H48O6/c1-3-4-6-12-24(32)17-25-13-9-14-26(35-25)18-28(33-2)20-30-21-29(19-27(36-30)15-16-31)34-22-23-10-7-5-8-11-23/h5,7-8,10-11,16,24-30,32H,3-4,6,9,12-15,17-22H2,1-2H3/t24-,25+,26+,27+,28-,29+,30-/m1/s1. The molecular weight excluding hydrogens is 456 g/mol. The van der Waals surface area contributed by atoms with Crippen LogP contribution in [0.3, 0.4) is 0 Å². The van der Waals surface area contributed by atoms with Crippen LogP contribution >= 0.6 is 0 Å². The van der Waals surface area contributed by atoms with Gasteiger partial charge in [0, 0.05) is 20.0 Å². The number of methoxy groups -OCH3 is 1. The van der Waals surface area contributed by atoms with Gasteiger partial charge in [-0.3, -0.25) is 0 Å². The molecule has 1 aromatic rings. The number of unbranched alkanes of at least 4 members (excludes halogenated alkanes) is 2. The summed E-state index contributed by atoms with van der Waals surface area (Å²) < 4.78 is 24.8. The quantitative estimate of drug-likeness (QED) is 0.227. The average molecular weight is 505 g/mol. The number of aliphatic hydroxyl groups excluding tert-OH is 1. The number of aliphatic hydroxyl groups is 1. The zero-order valence-corrected chi connectivity index (χ0v) is 22.4. The van der Waals surface area contributed by atoms with Gasteiger partial charge in [0.25, 0.3) is 0 Å². The molecule has 7 atom stereocenters. The maximum atomic E-state index is 11.2. The second-order valence-electron chi connectivity index (χ2n) is 10.7. The highest BCUT2D eigenvalue weighted by Crippen LogP contribution is 2.31. The number of aldehydes is 1. The smallest absolute Gasteiger partial charge is 0.122 e. The Morgan fingerprint density at radius 2 is 1.69 bits per heavy atom. The molecule has 0 aromatic heterocycles. The Hall–Kier alpha value is -1.31. The van der Waals surface area contributed by atoms with Gasteiger partial charge in [-0.05, 0) is 56.9 Å². The van der Waals surface area contributed by atoms with Crippen molar-refractivity contribution in [3.8, 4) is 0 Å².